The summed E-state index contributed by atoms with van der Waals surface area (Å²) < 4.78 is 25.0. The fraction of sp³-hybridized carbons (Fsp3) is 0.538. The summed E-state index contributed by atoms with van der Waals surface area (Å²) in [5.41, 5.74) is 1.80. The van der Waals surface area contributed by atoms with Crippen molar-refractivity contribution < 1.29 is 8.78 Å². The maximum atomic E-state index is 12.5. The van der Waals surface area contributed by atoms with E-state index >= 15 is 0 Å². The molecule has 0 saturated heterocycles. The minimum Gasteiger partial charge on any atom is -0.377 e. The van der Waals surface area contributed by atoms with Crippen LogP contribution in [0.4, 0.5) is 14.5 Å². The van der Waals surface area contributed by atoms with Crippen molar-refractivity contribution in [1.29, 1.82) is 0 Å². The number of nitrogens with one attached hydrogen (secondary N) is 1. The van der Waals surface area contributed by atoms with Gasteiger partial charge in [-0.1, -0.05) is 39.0 Å². The second-order valence-electron chi connectivity index (χ2n) is 5.06. The molecule has 1 unspecified atom stereocenters. The summed E-state index contributed by atoms with van der Waals surface area (Å²) in [6.45, 7) is 7.70. The van der Waals surface area contributed by atoms with Gasteiger partial charge in [0.25, 0.3) is 6.43 Å². The van der Waals surface area contributed by atoms with Gasteiger partial charge in [0, 0.05) is 5.69 Å². The highest BCUT2D eigenvalue weighted by atomic mass is 19.3. The van der Waals surface area contributed by atoms with Crippen LogP contribution in [0.15, 0.2) is 24.3 Å². The Bertz CT molecular complexity index is 342. The van der Waals surface area contributed by atoms with Gasteiger partial charge in [0.15, 0.2) is 0 Å². The molecule has 16 heavy (non-hydrogen) atoms. The SMILES string of the molecule is CC(Nc1ccccc1C(C)(C)C)C(F)F. The molecular weight excluding hydrogens is 208 g/mol. The molecule has 0 heterocycles. The van der Waals surface area contributed by atoms with E-state index in [0.717, 1.165) is 11.3 Å². The molecule has 1 rings (SSSR count). The zero-order chi connectivity index (χ0) is 12.3. The zero-order valence-electron chi connectivity index (χ0n) is 10.2. The van der Waals surface area contributed by atoms with Crippen LogP contribution in [0.5, 0.6) is 0 Å². The summed E-state index contributed by atoms with van der Waals surface area (Å²) in [4.78, 5) is 0. The van der Waals surface area contributed by atoms with Crippen LogP contribution >= 0.6 is 0 Å². The van der Waals surface area contributed by atoms with Crippen molar-refractivity contribution in [2.75, 3.05) is 5.32 Å². The van der Waals surface area contributed by atoms with Gasteiger partial charge < -0.3 is 5.32 Å². The molecular formula is C13H19F2N. The van der Waals surface area contributed by atoms with Crippen molar-refractivity contribution in [2.24, 2.45) is 0 Å². The van der Waals surface area contributed by atoms with Gasteiger partial charge in [-0.15, -0.1) is 0 Å². The molecule has 1 nitrogen and oxygen atoms in total. The van der Waals surface area contributed by atoms with E-state index in [1.54, 1.807) is 0 Å². The summed E-state index contributed by atoms with van der Waals surface area (Å²) in [5, 5.41) is 2.87. The predicted molar refractivity (Wildman–Crippen MR) is 64.2 cm³/mol. The third-order valence-corrected chi connectivity index (χ3v) is 2.50. The lowest BCUT2D eigenvalue weighted by Crippen LogP contribution is -2.26. The predicted octanol–water partition coefficient (Wildman–Crippen LogP) is 4.05. The van der Waals surface area contributed by atoms with Crippen LogP contribution in [0.25, 0.3) is 0 Å². The molecule has 0 aliphatic rings. The van der Waals surface area contributed by atoms with E-state index in [-0.39, 0.29) is 5.41 Å². The smallest absolute Gasteiger partial charge is 0.258 e. The second-order valence-corrected chi connectivity index (χ2v) is 5.06. The van der Waals surface area contributed by atoms with Gasteiger partial charge in [0.1, 0.15) is 0 Å². The van der Waals surface area contributed by atoms with Gasteiger partial charge in [0.05, 0.1) is 6.04 Å². The summed E-state index contributed by atoms with van der Waals surface area (Å²) in [6, 6.07) is 6.78. The Balaban J connectivity index is 2.96. The summed E-state index contributed by atoms with van der Waals surface area (Å²) in [6.07, 6.45) is -2.35. The maximum Gasteiger partial charge on any atom is 0.258 e. The van der Waals surface area contributed by atoms with Crippen molar-refractivity contribution in [2.45, 2.75) is 45.6 Å². The van der Waals surface area contributed by atoms with E-state index in [2.05, 4.69) is 26.1 Å². The molecule has 0 aromatic heterocycles. The first-order valence-corrected chi connectivity index (χ1v) is 5.46. The molecule has 90 valence electrons. The first kappa shape index (κ1) is 12.9. The monoisotopic (exact) mass is 227 g/mol. The van der Waals surface area contributed by atoms with Crippen molar-refractivity contribution in [3.05, 3.63) is 29.8 Å². The van der Waals surface area contributed by atoms with E-state index in [9.17, 15) is 8.78 Å². The van der Waals surface area contributed by atoms with Crippen molar-refractivity contribution in [1.82, 2.24) is 0 Å². The Kier molecular flexibility index (Phi) is 3.89. The first-order valence-electron chi connectivity index (χ1n) is 5.46. The van der Waals surface area contributed by atoms with Crippen LogP contribution in [0.1, 0.15) is 33.3 Å². The van der Waals surface area contributed by atoms with Gasteiger partial charge >= 0.3 is 0 Å². The highest BCUT2D eigenvalue weighted by Crippen LogP contribution is 2.29. The average molecular weight is 227 g/mol. The minimum absolute atomic E-state index is 0.0502. The topological polar surface area (TPSA) is 12.0 Å². The summed E-state index contributed by atoms with van der Waals surface area (Å²) >= 11 is 0. The van der Waals surface area contributed by atoms with Crippen LogP contribution in [0.3, 0.4) is 0 Å². The molecule has 0 spiro atoms. The van der Waals surface area contributed by atoms with Gasteiger partial charge in [-0.25, -0.2) is 8.78 Å². The number of hydrogen-bond donors (Lipinski definition) is 1. The third-order valence-electron chi connectivity index (χ3n) is 2.50. The van der Waals surface area contributed by atoms with Gasteiger partial charge in [0.2, 0.25) is 0 Å². The van der Waals surface area contributed by atoms with Crippen molar-refractivity contribution in [3.63, 3.8) is 0 Å². The Morgan fingerprint density at radius 1 is 1.12 bits per heavy atom. The Hall–Kier alpha value is -1.12. The van der Waals surface area contributed by atoms with E-state index in [1.165, 1.54) is 6.92 Å². The minimum atomic E-state index is -2.35. The molecule has 1 N–H and O–H groups in total. The lowest BCUT2D eigenvalue weighted by molar-refractivity contribution is 0.130. The van der Waals surface area contributed by atoms with Crippen LogP contribution in [-0.2, 0) is 5.41 Å². The van der Waals surface area contributed by atoms with E-state index in [4.69, 9.17) is 0 Å². The normalized spacial score (nSPS) is 13.9. The third kappa shape index (κ3) is 3.19. The lowest BCUT2D eigenvalue weighted by atomic mass is 9.85. The Morgan fingerprint density at radius 3 is 2.19 bits per heavy atom. The average Bonchev–Trinajstić information content (AvgIpc) is 2.16. The number of benzene rings is 1. The van der Waals surface area contributed by atoms with Crippen LogP contribution in [0, 0.1) is 0 Å². The first-order chi connectivity index (χ1) is 7.32. The second kappa shape index (κ2) is 4.81. The van der Waals surface area contributed by atoms with Gasteiger partial charge in [-0.2, -0.15) is 0 Å². The van der Waals surface area contributed by atoms with E-state index in [1.807, 2.05) is 24.3 Å². The summed E-state index contributed by atoms with van der Waals surface area (Å²) in [5.74, 6) is 0. The molecule has 0 aliphatic heterocycles. The van der Waals surface area contributed by atoms with Crippen molar-refractivity contribution in [3.8, 4) is 0 Å². The fourth-order valence-corrected chi connectivity index (χ4v) is 1.57. The fourth-order valence-electron chi connectivity index (χ4n) is 1.57. The Labute approximate surface area is 95.9 Å². The van der Waals surface area contributed by atoms with E-state index in [0.29, 0.717) is 0 Å². The van der Waals surface area contributed by atoms with Gasteiger partial charge in [-0.05, 0) is 24.0 Å². The lowest BCUT2D eigenvalue weighted by Gasteiger charge is -2.25. The summed E-state index contributed by atoms with van der Waals surface area (Å²) in [7, 11) is 0. The largest absolute Gasteiger partial charge is 0.377 e. The number of hydrogen-bond acceptors (Lipinski definition) is 1. The standard InChI is InChI=1S/C13H19F2N/c1-9(12(14)15)16-11-8-6-5-7-10(11)13(2,3)4/h5-9,12,16H,1-4H3. The molecule has 0 bridgehead atoms. The molecule has 3 heteroatoms. The number of halogens is 2. The van der Waals surface area contributed by atoms with Crippen molar-refractivity contribution >= 4 is 5.69 Å². The molecule has 1 atom stereocenters. The number of alkyl halides is 2. The highest BCUT2D eigenvalue weighted by Gasteiger charge is 2.20. The quantitative estimate of drug-likeness (QED) is 0.821. The zero-order valence-corrected chi connectivity index (χ0v) is 10.2. The van der Waals surface area contributed by atoms with Crippen LogP contribution in [0.2, 0.25) is 0 Å². The highest BCUT2D eigenvalue weighted by molar-refractivity contribution is 5.54. The number of anilines is 1. The number of para-hydroxylation sites is 1. The molecule has 0 fully saturated rings. The molecule has 1 aromatic carbocycles. The van der Waals surface area contributed by atoms with Crippen LogP contribution in [-0.4, -0.2) is 12.5 Å². The van der Waals surface area contributed by atoms with Gasteiger partial charge in [-0.3, -0.25) is 0 Å². The number of rotatable bonds is 3. The van der Waals surface area contributed by atoms with E-state index < -0.39 is 12.5 Å². The Morgan fingerprint density at radius 2 is 1.69 bits per heavy atom. The van der Waals surface area contributed by atoms with Crippen LogP contribution < -0.4 is 5.32 Å². The molecule has 0 aliphatic carbocycles. The molecule has 0 amide bonds. The molecule has 1 aromatic rings. The maximum absolute atomic E-state index is 12.5. The molecule has 0 radical (unpaired) electrons. The molecule has 0 saturated carbocycles.